The average Bonchev–Trinajstić information content (AvgIpc) is 2.41. The number of hydrogen-bond donors (Lipinski definition) is 1. The van der Waals surface area contributed by atoms with E-state index in [9.17, 15) is 10.1 Å². The topological polar surface area (TPSA) is 78.4 Å². The van der Waals surface area contributed by atoms with E-state index in [4.69, 9.17) is 22.1 Å². The second kappa shape index (κ2) is 6.21. The molecule has 1 aliphatic rings. The first-order chi connectivity index (χ1) is 9.11. The van der Waals surface area contributed by atoms with Gasteiger partial charge in [0.25, 0.3) is 5.69 Å². The highest BCUT2D eigenvalue weighted by Crippen LogP contribution is 2.33. The lowest BCUT2D eigenvalue weighted by Gasteiger charge is -2.31. The molecule has 1 aromatic rings. The van der Waals surface area contributed by atoms with Crippen molar-refractivity contribution in [3.05, 3.63) is 33.3 Å². The molecule has 0 aliphatic heterocycles. The molecule has 1 aliphatic carbocycles. The minimum atomic E-state index is -0.473. The number of rotatable bonds is 4. The molecular weight excluding hydrogens is 268 g/mol. The van der Waals surface area contributed by atoms with Crippen molar-refractivity contribution in [3.63, 3.8) is 0 Å². The lowest BCUT2D eigenvalue weighted by atomic mass is 9.86. The molecule has 0 radical (unpaired) electrons. The standard InChI is InChI=1S/C13H17ClN2O3/c14-11-7-10(16(17)18)5-6-13(11)19-12-4-2-1-3-9(12)8-15/h5-7,9,12H,1-4,8,15H2. The van der Waals surface area contributed by atoms with Crippen LogP contribution in [0.2, 0.25) is 5.02 Å². The minimum absolute atomic E-state index is 0.0311. The number of nitrogens with two attached hydrogens (primary N) is 1. The Morgan fingerprint density at radius 3 is 2.79 bits per heavy atom. The van der Waals surface area contributed by atoms with Gasteiger partial charge in [0.05, 0.1) is 9.95 Å². The summed E-state index contributed by atoms with van der Waals surface area (Å²) in [6.07, 6.45) is 4.36. The third-order valence-corrected chi connectivity index (χ3v) is 3.84. The summed E-state index contributed by atoms with van der Waals surface area (Å²) in [5.41, 5.74) is 5.72. The van der Waals surface area contributed by atoms with Crippen molar-refractivity contribution < 1.29 is 9.66 Å². The van der Waals surface area contributed by atoms with E-state index in [1.807, 2.05) is 0 Å². The molecule has 1 saturated carbocycles. The Hall–Kier alpha value is -1.33. The first-order valence-corrected chi connectivity index (χ1v) is 6.80. The van der Waals surface area contributed by atoms with Gasteiger partial charge in [0, 0.05) is 18.1 Å². The van der Waals surface area contributed by atoms with E-state index in [2.05, 4.69) is 0 Å². The zero-order chi connectivity index (χ0) is 13.8. The molecule has 1 fully saturated rings. The molecule has 2 rings (SSSR count). The first kappa shape index (κ1) is 14.1. The zero-order valence-corrected chi connectivity index (χ0v) is 11.3. The fraction of sp³-hybridized carbons (Fsp3) is 0.538. The molecule has 2 unspecified atom stereocenters. The summed E-state index contributed by atoms with van der Waals surface area (Å²) in [6.45, 7) is 0.593. The maximum atomic E-state index is 10.6. The summed E-state index contributed by atoms with van der Waals surface area (Å²) in [4.78, 5) is 10.2. The summed E-state index contributed by atoms with van der Waals surface area (Å²) in [7, 11) is 0. The van der Waals surface area contributed by atoms with Gasteiger partial charge in [-0.05, 0) is 31.9 Å². The third kappa shape index (κ3) is 3.36. The van der Waals surface area contributed by atoms with Crippen LogP contribution in [0.25, 0.3) is 0 Å². The van der Waals surface area contributed by atoms with Crippen LogP contribution in [-0.2, 0) is 0 Å². The highest BCUT2D eigenvalue weighted by Gasteiger charge is 2.26. The summed E-state index contributed by atoms with van der Waals surface area (Å²) >= 11 is 6.02. The Labute approximate surface area is 116 Å². The van der Waals surface area contributed by atoms with Crippen molar-refractivity contribution in [1.82, 2.24) is 0 Å². The Bertz CT molecular complexity index is 467. The van der Waals surface area contributed by atoms with E-state index < -0.39 is 4.92 Å². The normalized spacial score (nSPS) is 23.1. The lowest BCUT2D eigenvalue weighted by molar-refractivity contribution is -0.384. The Balaban J connectivity index is 2.11. The van der Waals surface area contributed by atoms with Crippen molar-refractivity contribution in [3.8, 4) is 5.75 Å². The van der Waals surface area contributed by atoms with E-state index >= 15 is 0 Å². The quantitative estimate of drug-likeness (QED) is 0.680. The van der Waals surface area contributed by atoms with Crippen LogP contribution in [0.1, 0.15) is 25.7 Å². The first-order valence-electron chi connectivity index (χ1n) is 6.42. The van der Waals surface area contributed by atoms with Crippen LogP contribution in [0.5, 0.6) is 5.75 Å². The highest BCUT2D eigenvalue weighted by molar-refractivity contribution is 6.32. The molecule has 5 nitrogen and oxygen atoms in total. The molecule has 2 atom stereocenters. The van der Waals surface area contributed by atoms with Crippen LogP contribution >= 0.6 is 11.6 Å². The number of nitro benzene ring substituents is 1. The number of benzene rings is 1. The number of ether oxygens (including phenoxy) is 1. The largest absolute Gasteiger partial charge is 0.489 e. The number of non-ortho nitro benzene ring substituents is 1. The van der Waals surface area contributed by atoms with Gasteiger partial charge in [-0.3, -0.25) is 10.1 Å². The number of nitro groups is 1. The van der Waals surface area contributed by atoms with Crippen LogP contribution in [0.15, 0.2) is 18.2 Å². The molecule has 0 spiro atoms. The van der Waals surface area contributed by atoms with E-state index in [0.717, 1.165) is 19.3 Å². The van der Waals surface area contributed by atoms with Gasteiger partial charge in [0.2, 0.25) is 0 Å². The molecular formula is C13H17ClN2O3. The molecule has 19 heavy (non-hydrogen) atoms. The second-order valence-corrected chi connectivity index (χ2v) is 5.22. The average molecular weight is 285 g/mol. The molecule has 2 N–H and O–H groups in total. The van der Waals surface area contributed by atoms with Gasteiger partial charge < -0.3 is 10.5 Å². The molecule has 0 bridgehead atoms. The summed E-state index contributed by atoms with van der Waals surface area (Å²) < 4.78 is 5.89. The van der Waals surface area contributed by atoms with Crippen molar-refractivity contribution in [2.24, 2.45) is 11.7 Å². The van der Waals surface area contributed by atoms with Crippen LogP contribution in [0, 0.1) is 16.0 Å². The second-order valence-electron chi connectivity index (χ2n) is 4.81. The summed E-state index contributed by atoms with van der Waals surface area (Å²) in [5.74, 6) is 0.831. The van der Waals surface area contributed by atoms with E-state index in [0.29, 0.717) is 18.2 Å². The number of halogens is 1. The van der Waals surface area contributed by atoms with Crippen LogP contribution in [-0.4, -0.2) is 17.6 Å². The fourth-order valence-electron chi connectivity index (χ4n) is 2.46. The predicted octanol–water partition coefficient (Wildman–Crippen LogP) is 3.14. The van der Waals surface area contributed by atoms with Crippen molar-refractivity contribution in [1.29, 1.82) is 0 Å². The summed E-state index contributed by atoms with van der Waals surface area (Å²) in [5, 5.41) is 10.9. The smallest absolute Gasteiger partial charge is 0.271 e. The van der Waals surface area contributed by atoms with Gasteiger partial charge in [-0.25, -0.2) is 0 Å². The highest BCUT2D eigenvalue weighted by atomic mass is 35.5. The molecule has 0 aromatic heterocycles. The van der Waals surface area contributed by atoms with Gasteiger partial charge in [-0.2, -0.15) is 0 Å². The molecule has 104 valence electrons. The van der Waals surface area contributed by atoms with E-state index in [-0.39, 0.29) is 16.8 Å². The molecule has 0 amide bonds. The zero-order valence-electron chi connectivity index (χ0n) is 10.5. The van der Waals surface area contributed by atoms with Gasteiger partial charge >= 0.3 is 0 Å². The minimum Gasteiger partial charge on any atom is -0.489 e. The lowest BCUT2D eigenvalue weighted by Crippen LogP contribution is -2.35. The molecule has 0 saturated heterocycles. The fourth-order valence-corrected chi connectivity index (χ4v) is 2.68. The summed E-state index contributed by atoms with van der Waals surface area (Å²) in [6, 6.07) is 4.28. The van der Waals surface area contributed by atoms with Gasteiger partial charge in [-0.1, -0.05) is 18.0 Å². The molecule has 0 heterocycles. The number of hydrogen-bond acceptors (Lipinski definition) is 4. The van der Waals surface area contributed by atoms with Crippen LogP contribution in [0.4, 0.5) is 5.69 Å². The van der Waals surface area contributed by atoms with Crippen LogP contribution < -0.4 is 10.5 Å². The maximum absolute atomic E-state index is 10.6. The van der Waals surface area contributed by atoms with Crippen LogP contribution in [0.3, 0.4) is 0 Å². The van der Waals surface area contributed by atoms with E-state index in [1.165, 1.54) is 18.6 Å². The van der Waals surface area contributed by atoms with Gasteiger partial charge in [-0.15, -0.1) is 0 Å². The molecule has 1 aromatic carbocycles. The SMILES string of the molecule is NCC1CCCCC1Oc1ccc([N+](=O)[O-])cc1Cl. The maximum Gasteiger partial charge on any atom is 0.271 e. The third-order valence-electron chi connectivity index (χ3n) is 3.55. The van der Waals surface area contributed by atoms with Crippen molar-refractivity contribution >= 4 is 17.3 Å². The Morgan fingerprint density at radius 1 is 1.42 bits per heavy atom. The Morgan fingerprint density at radius 2 is 2.16 bits per heavy atom. The van der Waals surface area contributed by atoms with E-state index in [1.54, 1.807) is 6.07 Å². The Kier molecular flexibility index (Phi) is 4.61. The van der Waals surface area contributed by atoms with Crippen molar-refractivity contribution in [2.75, 3.05) is 6.54 Å². The number of nitrogens with zero attached hydrogens (tertiary/aromatic N) is 1. The monoisotopic (exact) mass is 284 g/mol. The van der Waals surface area contributed by atoms with Gasteiger partial charge in [0.15, 0.2) is 0 Å². The van der Waals surface area contributed by atoms with Gasteiger partial charge in [0.1, 0.15) is 11.9 Å². The van der Waals surface area contributed by atoms with Crippen molar-refractivity contribution in [2.45, 2.75) is 31.8 Å². The molecule has 6 heteroatoms. The predicted molar refractivity (Wildman–Crippen MR) is 73.5 cm³/mol.